The highest BCUT2D eigenvalue weighted by molar-refractivity contribution is 6.66. The van der Waals surface area contributed by atoms with Gasteiger partial charge in [0.25, 0.3) is 3.79 Å². The summed E-state index contributed by atoms with van der Waals surface area (Å²) in [6.07, 6.45) is 0. The van der Waals surface area contributed by atoms with E-state index in [-0.39, 0.29) is 10.7 Å². The summed E-state index contributed by atoms with van der Waals surface area (Å²) in [4.78, 5) is 10.1. The SMILES string of the molecule is O=[N+]([O-])n1nnc(C(Cl)(Cl)Cl)n1. The summed E-state index contributed by atoms with van der Waals surface area (Å²) in [7, 11) is 0. The molecule has 0 fully saturated rings. The third-order valence-electron chi connectivity index (χ3n) is 0.803. The zero-order chi connectivity index (χ0) is 9.35. The van der Waals surface area contributed by atoms with Crippen molar-refractivity contribution < 1.29 is 5.03 Å². The summed E-state index contributed by atoms with van der Waals surface area (Å²) < 4.78 is -1.89. The van der Waals surface area contributed by atoms with Gasteiger partial charge >= 0.3 is 5.82 Å². The third kappa shape index (κ3) is 1.93. The Kier molecular flexibility index (Phi) is 2.36. The topological polar surface area (TPSA) is 86.7 Å². The van der Waals surface area contributed by atoms with Gasteiger partial charge in [-0.1, -0.05) is 34.8 Å². The average Bonchev–Trinajstić information content (AvgIpc) is 2.30. The predicted molar refractivity (Wildman–Crippen MR) is 39.4 cm³/mol. The second-order valence-corrected chi connectivity index (χ2v) is 3.90. The molecule has 10 heteroatoms. The summed E-state index contributed by atoms with van der Waals surface area (Å²) in [5.41, 5.74) is 0. The van der Waals surface area contributed by atoms with Crippen LogP contribution in [0.25, 0.3) is 0 Å². The molecule has 7 nitrogen and oxygen atoms in total. The van der Waals surface area contributed by atoms with Gasteiger partial charge in [0.05, 0.1) is 0 Å². The highest BCUT2D eigenvalue weighted by atomic mass is 35.6. The van der Waals surface area contributed by atoms with E-state index in [9.17, 15) is 10.1 Å². The summed E-state index contributed by atoms with van der Waals surface area (Å²) >= 11 is 15.9. The Labute approximate surface area is 80.3 Å². The number of hydrogen-bond acceptors (Lipinski definition) is 5. The van der Waals surface area contributed by atoms with Crippen molar-refractivity contribution in [2.75, 3.05) is 0 Å². The Hall–Kier alpha value is -0.660. The van der Waals surface area contributed by atoms with Crippen molar-refractivity contribution in [1.82, 2.24) is 20.3 Å². The Morgan fingerprint density at radius 2 is 2.08 bits per heavy atom. The molecular formula is C2Cl3N5O2. The molecule has 12 heavy (non-hydrogen) atoms. The maximum absolute atomic E-state index is 10.0. The highest BCUT2D eigenvalue weighted by Crippen LogP contribution is 2.34. The van der Waals surface area contributed by atoms with E-state index in [1.165, 1.54) is 0 Å². The first kappa shape index (κ1) is 9.43. The molecule has 0 N–H and O–H groups in total. The quantitative estimate of drug-likeness (QED) is 0.401. The van der Waals surface area contributed by atoms with Crippen LogP contribution in [0.2, 0.25) is 0 Å². The molecule has 0 radical (unpaired) electrons. The molecule has 0 aliphatic rings. The van der Waals surface area contributed by atoms with Crippen molar-refractivity contribution in [1.29, 1.82) is 0 Å². The van der Waals surface area contributed by atoms with Crippen LogP contribution in [0.15, 0.2) is 0 Å². The minimum absolute atomic E-state index is 0.108. The average molecular weight is 232 g/mol. The molecule has 1 heterocycles. The zero-order valence-electron chi connectivity index (χ0n) is 5.19. The van der Waals surface area contributed by atoms with Crippen LogP contribution in [0.5, 0.6) is 0 Å². The molecule has 1 aromatic rings. The number of nitro groups is 1. The van der Waals surface area contributed by atoms with E-state index in [0.29, 0.717) is 0 Å². The summed E-state index contributed by atoms with van der Waals surface area (Å²) in [6.45, 7) is 0. The van der Waals surface area contributed by atoms with Gasteiger partial charge in [-0.2, -0.15) is 0 Å². The van der Waals surface area contributed by atoms with Gasteiger partial charge in [0.2, 0.25) is 0 Å². The van der Waals surface area contributed by atoms with Gasteiger partial charge in [0.15, 0.2) is 4.91 Å². The number of aromatic nitrogens is 4. The van der Waals surface area contributed by atoms with Gasteiger partial charge in [0, 0.05) is 10.1 Å². The van der Waals surface area contributed by atoms with Gasteiger partial charge in [0.1, 0.15) is 5.21 Å². The molecule has 0 atom stereocenters. The molecule has 66 valence electrons. The molecule has 0 aliphatic carbocycles. The maximum Gasteiger partial charge on any atom is 0.322 e. The molecule has 0 unspecified atom stereocenters. The normalized spacial score (nSPS) is 11.6. The maximum atomic E-state index is 10.0. The van der Waals surface area contributed by atoms with Crippen molar-refractivity contribution in [3.8, 4) is 0 Å². The summed E-state index contributed by atoms with van der Waals surface area (Å²) in [6, 6.07) is 0. The summed E-state index contributed by atoms with van der Waals surface area (Å²) in [5, 5.41) is 18.4. The molecule has 1 rings (SSSR count). The fraction of sp³-hybridized carbons (Fsp3) is 0.500. The van der Waals surface area contributed by atoms with Crippen LogP contribution in [0.1, 0.15) is 5.82 Å². The Morgan fingerprint density at radius 3 is 2.33 bits per heavy atom. The number of halogens is 3. The van der Waals surface area contributed by atoms with E-state index < -0.39 is 8.82 Å². The van der Waals surface area contributed by atoms with E-state index in [4.69, 9.17) is 34.8 Å². The molecule has 0 saturated carbocycles. The van der Waals surface area contributed by atoms with Crippen LogP contribution in [0.4, 0.5) is 0 Å². The largest absolute Gasteiger partial charge is 0.372 e. The van der Waals surface area contributed by atoms with Crippen LogP contribution in [-0.2, 0) is 3.79 Å². The van der Waals surface area contributed by atoms with Crippen LogP contribution < -0.4 is 0 Å². The minimum atomic E-state index is -1.89. The molecule has 0 saturated heterocycles. The van der Waals surface area contributed by atoms with Crippen LogP contribution in [0, 0.1) is 10.1 Å². The lowest BCUT2D eigenvalue weighted by molar-refractivity contribution is -0.564. The number of tetrazole rings is 1. The number of rotatable bonds is 1. The lowest BCUT2D eigenvalue weighted by atomic mass is 10.7. The predicted octanol–water partition coefficient (Wildman–Crippen LogP) is 0.540. The monoisotopic (exact) mass is 231 g/mol. The molecule has 0 spiro atoms. The van der Waals surface area contributed by atoms with Crippen molar-refractivity contribution in [2.45, 2.75) is 3.79 Å². The van der Waals surface area contributed by atoms with Crippen LogP contribution in [0.3, 0.4) is 0 Å². The van der Waals surface area contributed by atoms with Gasteiger partial charge in [-0.3, -0.25) is 0 Å². The van der Waals surface area contributed by atoms with E-state index in [2.05, 4.69) is 15.4 Å². The standard InChI is InChI=1S/C2Cl3N5O2/c3-2(4,5)1-6-8-9(7-1)10(11)12. The minimum Gasteiger partial charge on any atom is -0.372 e. The third-order valence-corrected chi connectivity index (χ3v) is 1.31. The van der Waals surface area contributed by atoms with Gasteiger partial charge in [-0.05, 0) is 5.10 Å². The molecule has 0 aliphatic heterocycles. The zero-order valence-corrected chi connectivity index (χ0v) is 7.45. The second-order valence-electron chi connectivity index (χ2n) is 1.62. The fourth-order valence-corrected chi connectivity index (χ4v) is 0.616. The molecular weight excluding hydrogens is 232 g/mol. The molecule has 0 amide bonds. The second kappa shape index (κ2) is 3.00. The fourth-order valence-electron chi connectivity index (χ4n) is 0.390. The van der Waals surface area contributed by atoms with E-state index >= 15 is 0 Å². The number of hydrogen-bond donors (Lipinski definition) is 0. The van der Waals surface area contributed by atoms with Crippen molar-refractivity contribution in [3.05, 3.63) is 15.9 Å². The molecule has 0 bridgehead atoms. The van der Waals surface area contributed by atoms with E-state index in [1.54, 1.807) is 0 Å². The molecule has 0 aromatic carbocycles. The van der Waals surface area contributed by atoms with Crippen LogP contribution >= 0.6 is 34.8 Å². The Bertz CT molecular complexity index is 304. The van der Waals surface area contributed by atoms with Crippen molar-refractivity contribution >= 4 is 34.8 Å². The Balaban J connectivity index is 3.00. The number of alkyl halides is 3. The first-order valence-electron chi connectivity index (χ1n) is 2.43. The van der Waals surface area contributed by atoms with Gasteiger partial charge in [-0.15, -0.1) is 0 Å². The van der Waals surface area contributed by atoms with Gasteiger partial charge in [-0.25, -0.2) is 0 Å². The van der Waals surface area contributed by atoms with Gasteiger partial charge < -0.3 is 10.1 Å². The van der Waals surface area contributed by atoms with E-state index in [0.717, 1.165) is 0 Å². The lowest BCUT2D eigenvalue weighted by Gasteiger charge is -1.97. The highest BCUT2D eigenvalue weighted by Gasteiger charge is 2.34. The molecule has 1 aromatic heterocycles. The summed E-state index contributed by atoms with van der Waals surface area (Å²) in [5.74, 6) is -0.343. The number of nitrogens with zero attached hydrogens (tertiary/aromatic N) is 5. The van der Waals surface area contributed by atoms with Crippen molar-refractivity contribution in [3.63, 3.8) is 0 Å². The first-order chi connectivity index (χ1) is 5.41. The smallest absolute Gasteiger partial charge is 0.322 e. The lowest BCUT2D eigenvalue weighted by Crippen LogP contribution is -2.13. The Morgan fingerprint density at radius 1 is 1.50 bits per heavy atom. The van der Waals surface area contributed by atoms with E-state index in [1.807, 2.05) is 0 Å². The first-order valence-corrected chi connectivity index (χ1v) is 3.56. The van der Waals surface area contributed by atoms with Crippen molar-refractivity contribution in [2.24, 2.45) is 0 Å². The van der Waals surface area contributed by atoms with Crippen LogP contribution in [-0.4, -0.2) is 25.3 Å².